The molecule has 0 radical (unpaired) electrons. The minimum atomic E-state index is 0.100. The quantitative estimate of drug-likeness (QED) is 0.767. The number of hydrogen-bond acceptors (Lipinski definition) is 3. The normalized spacial score (nSPS) is 27.0. The molecule has 2 N–H and O–H groups in total. The average Bonchev–Trinajstić information content (AvgIpc) is 2.54. The fraction of sp³-hybridized carbons (Fsp3) is 0.474. The van der Waals surface area contributed by atoms with E-state index in [4.69, 9.17) is 9.84 Å². The maximum Gasteiger partial charge on any atom is 0.0697 e. The second kappa shape index (κ2) is 7.73. The van der Waals surface area contributed by atoms with Crippen LogP contribution in [0.2, 0.25) is 0 Å². The molecule has 1 aliphatic heterocycles. The topological polar surface area (TPSA) is 41.5 Å². The Bertz CT molecular complexity index is 540. The van der Waals surface area contributed by atoms with Crippen molar-refractivity contribution in [3.8, 4) is 0 Å². The molecule has 0 aromatic rings. The van der Waals surface area contributed by atoms with E-state index >= 15 is 0 Å². The van der Waals surface area contributed by atoms with Crippen molar-refractivity contribution in [1.82, 2.24) is 5.32 Å². The fourth-order valence-electron chi connectivity index (χ4n) is 3.48. The van der Waals surface area contributed by atoms with Crippen molar-refractivity contribution in [1.29, 1.82) is 0 Å². The van der Waals surface area contributed by atoms with Crippen molar-refractivity contribution >= 4 is 0 Å². The number of ether oxygens (including phenoxy) is 1. The van der Waals surface area contributed by atoms with Crippen LogP contribution in [0.1, 0.15) is 19.3 Å². The second-order valence-corrected chi connectivity index (χ2v) is 5.95. The molecule has 1 heterocycles. The number of fused-ring (bicyclic) bond motifs is 2. The number of aliphatic hydroxyl groups is 1. The van der Waals surface area contributed by atoms with Crippen molar-refractivity contribution in [2.24, 2.45) is 5.92 Å². The van der Waals surface area contributed by atoms with E-state index in [1.807, 2.05) is 0 Å². The highest BCUT2D eigenvalue weighted by atomic mass is 16.5. The van der Waals surface area contributed by atoms with Crippen molar-refractivity contribution < 1.29 is 9.84 Å². The SMILES string of the molecule is OCCOCCC1CC=CC2=CCCNC3C=CC=CC3=C21. The van der Waals surface area contributed by atoms with Crippen molar-refractivity contribution in [3.05, 3.63) is 59.3 Å². The summed E-state index contributed by atoms with van der Waals surface area (Å²) in [5.41, 5.74) is 4.28. The Hall–Kier alpha value is -1.42. The van der Waals surface area contributed by atoms with Crippen LogP contribution in [0.3, 0.4) is 0 Å². The monoisotopic (exact) mass is 299 g/mol. The van der Waals surface area contributed by atoms with Crippen LogP contribution in [-0.2, 0) is 4.74 Å². The number of nitrogens with one attached hydrogen (secondary N) is 1. The summed E-state index contributed by atoms with van der Waals surface area (Å²) in [5.74, 6) is 0.503. The van der Waals surface area contributed by atoms with Crippen LogP contribution < -0.4 is 5.32 Å². The molecule has 2 aliphatic carbocycles. The maximum absolute atomic E-state index is 8.83. The van der Waals surface area contributed by atoms with Gasteiger partial charge in [0.1, 0.15) is 0 Å². The van der Waals surface area contributed by atoms with E-state index in [0.717, 1.165) is 25.8 Å². The maximum atomic E-state index is 8.83. The Morgan fingerprint density at radius 3 is 3.09 bits per heavy atom. The summed E-state index contributed by atoms with van der Waals surface area (Å²) in [5, 5.41) is 12.5. The molecule has 0 spiro atoms. The molecule has 0 bridgehead atoms. The molecule has 0 saturated carbocycles. The molecule has 2 atom stereocenters. The van der Waals surface area contributed by atoms with E-state index in [2.05, 4.69) is 47.8 Å². The van der Waals surface area contributed by atoms with E-state index in [1.165, 1.54) is 16.7 Å². The fourth-order valence-corrected chi connectivity index (χ4v) is 3.48. The number of hydrogen-bond donors (Lipinski definition) is 2. The summed E-state index contributed by atoms with van der Waals surface area (Å²) in [4.78, 5) is 0. The molecule has 0 fully saturated rings. The van der Waals surface area contributed by atoms with Gasteiger partial charge in [0.05, 0.1) is 19.3 Å². The molecule has 3 heteroatoms. The van der Waals surface area contributed by atoms with Crippen LogP contribution >= 0.6 is 0 Å². The van der Waals surface area contributed by atoms with Gasteiger partial charge in [0, 0.05) is 6.61 Å². The third kappa shape index (κ3) is 3.49. The first-order valence-corrected chi connectivity index (χ1v) is 8.28. The summed E-state index contributed by atoms with van der Waals surface area (Å²) in [7, 11) is 0. The molecule has 3 rings (SSSR count). The van der Waals surface area contributed by atoms with E-state index in [1.54, 1.807) is 0 Å². The molecule has 22 heavy (non-hydrogen) atoms. The Kier molecular flexibility index (Phi) is 5.43. The van der Waals surface area contributed by atoms with E-state index in [-0.39, 0.29) is 6.61 Å². The van der Waals surface area contributed by atoms with Gasteiger partial charge in [-0.1, -0.05) is 42.5 Å². The summed E-state index contributed by atoms with van der Waals surface area (Å²) in [6.45, 7) is 2.26. The van der Waals surface area contributed by atoms with Crippen LogP contribution in [0.4, 0.5) is 0 Å². The van der Waals surface area contributed by atoms with Gasteiger partial charge in [-0.3, -0.25) is 0 Å². The van der Waals surface area contributed by atoms with Crippen molar-refractivity contribution in [3.63, 3.8) is 0 Å². The summed E-state index contributed by atoms with van der Waals surface area (Å²) >= 11 is 0. The van der Waals surface area contributed by atoms with Crippen LogP contribution in [0.5, 0.6) is 0 Å². The van der Waals surface area contributed by atoms with E-state index in [0.29, 0.717) is 25.2 Å². The zero-order valence-corrected chi connectivity index (χ0v) is 13.0. The van der Waals surface area contributed by atoms with Gasteiger partial charge < -0.3 is 15.2 Å². The highest BCUT2D eigenvalue weighted by Gasteiger charge is 2.26. The molecule has 0 saturated heterocycles. The van der Waals surface area contributed by atoms with E-state index < -0.39 is 0 Å². The minimum Gasteiger partial charge on any atom is -0.394 e. The van der Waals surface area contributed by atoms with Crippen LogP contribution in [0, 0.1) is 5.92 Å². The van der Waals surface area contributed by atoms with Gasteiger partial charge in [0.25, 0.3) is 0 Å². The Morgan fingerprint density at radius 2 is 2.18 bits per heavy atom. The number of allylic oxidation sites excluding steroid dienone is 6. The first-order valence-electron chi connectivity index (χ1n) is 8.28. The lowest BCUT2D eigenvalue weighted by Crippen LogP contribution is -2.33. The zero-order chi connectivity index (χ0) is 15.2. The van der Waals surface area contributed by atoms with Crippen LogP contribution in [0.15, 0.2) is 59.3 Å². The van der Waals surface area contributed by atoms with Gasteiger partial charge in [0.2, 0.25) is 0 Å². The molecule has 2 unspecified atom stereocenters. The predicted molar refractivity (Wildman–Crippen MR) is 89.6 cm³/mol. The highest BCUT2D eigenvalue weighted by molar-refractivity contribution is 5.54. The van der Waals surface area contributed by atoms with E-state index in [9.17, 15) is 0 Å². The van der Waals surface area contributed by atoms with Crippen LogP contribution in [0.25, 0.3) is 0 Å². The Balaban J connectivity index is 1.86. The molecular weight excluding hydrogens is 274 g/mol. The molecule has 118 valence electrons. The predicted octanol–water partition coefficient (Wildman–Crippen LogP) is 2.67. The van der Waals surface area contributed by atoms with Crippen molar-refractivity contribution in [2.45, 2.75) is 25.3 Å². The largest absolute Gasteiger partial charge is 0.394 e. The first-order chi connectivity index (χ1) is 10.9. The third-order valence-electron chi connectivity index (χ3n) is 4.49. The van der Waals surface area contributed by atoms with Crippen molar-refractivity contribution in [2.75, 3.05) is 26.4 Å². The molecule has 0 amide bonds. The molecule has 3 nitrogen and oxygen atoms in total. The van der Waals surface area contributed by atoms with Gasteiger partial charge in [0.15, 0.2) is 0 Å². The molecule has 3 aliphatic rings. The molecular formula is C19H25NO2. The van der Waals surface area contributed by atoms with Gasteiger partial charge in [-0.25, -0.2) is 0 Å². The lowest BCUT2D eigenvalue weighted by atomic mass is 9.77. The van der Waals surface area contributed by atoms with Gasteiger partial charge in [-0.15, -0.1) is 0 Å². The van der Waals surface area contributed by atoms with Crippen LogP contribution in [-0.4, -0.2) is 37.5 Å². The molecule has 0 aromatic heterocycles. The summed E-state index contributed by atoms with van der Waals surface area (Å²) in [6.07, 6.45) is 18.8. The lowest BCUT2D eigenvalue weighted by molar-refractivity contribution is 0.0853. The third-order valence-corrected chi connectivity index (χ3v) is 4.49. The second-order valence-electron chi connectivity index (χ2n) is 5.95. The lowest BCUT2D eigenvalue weighted by Gasteiger charge is -2.32. The summed E-state index contributed by atoms with van der Waals surface area (Å²) < 4.78 is 5.49. The molecule has 0 aromatic carbocycles. The number of rotatable bonds is 5. The smallest absolute Gasteiger partial charge is 0.0697 e. The van der Waals surface area contributed by atoms with Gasteiger partial charge in [-0.05, 0) is 48.4 Å². The Labute approximate surface area is 132 Å². The first kappa shape index (κ1) is 15.5. The minimum absolute atomic E-state index is 0.100. The number of aliphatic hydroxyl groups excluding tert-OH is 1. The Morgan fingerprint density at radius 1 is 1.23 bits per heavy atom. The standard InChI is InChI=1S/C19H25NO2/c21-12-14-22-13-10-16-6-3-5-15-7-4-11-20-18-9-2-1-8-17(18)19(15)16/h1-3,5,7-9,16,18,20-21H,4,6,10-14H2. The zero-order valence-electron chi connectivity index (χ0n) is 13.0. The average molecular weight is 299 g/mol. The summed E-state index contributed by atoms with van der Waals surface area (Å²) in [6, 6.07) is 0.330. The van der Waals surface area contributed by atoms with Gasteiger partial charge >= 0.3 is 0 Å². The highest BCUT2D eigenvalue weighted by Crippen LogP contribution is 2.37. The van der Waals surface area contributed by atoms with Gasteiger partial charge in [-0.2, -0.15) is 0 Å².